The van der Waals surface area contributed by atoms with Crippen LogP contribution in [0.1, 0.15) is 20.3 Å². The Hall–Kier alpha value is -2.46. The molecule has 0 radical (unpaired) electrons. The smallest absolute Gasteiger partial charge is 0.243 e. The molecule has 8 nitrogen and oxygen atoms in total. The molecule has 3 atom stereocenters. The molecule has 2 saturated heterocycles. The summed E-state index contributed by atoms with van der Waals surface area (Å²) in [5.41, 5.74) is -0.521. The van der Waals surface area contributed by atoms with Crippen LogP contribution in [0.3, 0.4) is 0 Å². The number of carbonyl (C=O) groups is 2. The topological polar surface area (TPSA) is 94.1 Å². The number of ether oxygens (including phenoxy) is 1. The number of rotatable bonds is 5. The number of methoxy groups -OCH3 is 1. The van der Waals surface area contributed by atoms with Crippen molar-refractivity contribution < 1.29 is 28.2 Å². The molecule has 0 saturated carbocycles. The second-order valence-corrected chi connectivity index (χ2v) is 7.71. The first kappa shape index (κ1) is 21.3. The van der Waals surface area contributed by atoms with Crippen LogP contribution >= 0.6 is 0 Å². The van der Waals surface area contributed by atoms with E-state index in [-0.39, 0.29) is 24.0 Å². The minimum Gasteiger partial charge on any atom is -0.493 e. The SMILES string of the molecule is COc1cc(N2CCN(C(=O)[C@@H](C)C[C@@]3(C)NC(O)NC3=O)CC2)cc(F)c1F. The summed E-state index contributed by atoms with van der Waals surface area (Å²) in [5.74, 6) is -3.04. The van der Waals surface area contributed by atoms with Crippen LogP contribution < -0.4 is 20.3 Å². The second kappa shape index (κ2) is 8.11. The van der Waals surface area contributed by atoms with Gasteiger partial charge in [0, 0.05) is 49.9 Å². The summed E-state index contributed by atoms with van der Waals surface area (Å²) >= 11 is 0. The number of aliphatic hydroxyl groups excluding tert-OH is 1. The van der Waals surface area contributed by atoms with Crippen molar-refractivity contribution in [3.8, 4) is 5.75 Å². The predicted molar refractivity (Wildman–Crippen MR) is 101 cm³/mol. The van der Waals surface area contributed by atoms with E-state index in [1.165, 1.54) is 13.2 Å². The lowest BCUT2D eigenvalue weighted by Gasteiger charge is -2.38. The Morgan fingerprint density at radius 3 is 2.55 bits per heavy atom. The Bertz CT molecular complexity index is 801. The van der Waals surface area contributed by atoms with Crippen molar-refractivity contribution >= 4 is 17.5 Å². The molecule has 1 aromatic carbocycles. The third kappa shape index (κ3) is 4.27. The summed E-state index contributed by atoms with van der Waals surface area (Å²) in [6, 6.07) is 2.56. The normalized spacial score (nSPS) is 25.7. The zero-order valence-corrected chi connectivity index (χ0v) is 16.7. The Kier molecular flexibility index (Phi) is 5.95. The number of piperazine rings is 1. The van der Waals surface area contributed by atoms with Gasteiger partial charge in [0.05, 0.1) is 12.6 Å². The minimum absolute atomic E-state index is 0.0928. The molecule has 10 heteroatoms. The van der Waals surface area contributed by atoms with Gasteiger partial charge in [-0.05, 0) is 13.3 Å². The van der Waals surface area contributed by atoms with Crippen LogP contribution in [0.5, 0.6) is 5.75 Å². The lowest BCUT2D eigenvalue weighted by molar-refractivity contribution is -0.136. The summed E-state index contributed by atoms with van der Waals surface area (Å²) < 4.78 is 32.3. The van der Waals surface area contributed by atoms with Gasteiger partial charge in [0.15, 0.2) is 17.9 Å². The molecule has 0 aromatic heterocycles. The number of nitrogens with one attached hydrogen (secondary N) is 2. The minimum atomic E-state index is -1.12. The molecule has 0 aliphatic carbocycles. The summed E-state index contributed by atoms with van der Waals surface area (Å²) in [6.45, 7) is 5.16. The van der Waals surface area contributed by atoms with E-state index in [9.17, 15) is 23.5 Å². The molecule has 0 spiro atoms. The highest BCUT2D eigenvalue weighted by atomic mass is 19.2. The molecule has 2 aliphatic heterocycles. The van der Waals surface area contributed by atoms with Crippen molar-refractivity contribution in [2.75, 3.05) is 38.2 Å². The van der Waals surface area contributed by atoms with E-state index < -0.39 is 29.4 Å². The van der Waals surface area contributed by atoms with E-state index in [1.807, 2.05) is 4.90 Å². The Labute approximate surface area is 167 Å². The van der Waals surface area contributed by atoms with Crippen LogP contribution in [0.15, 0.2) is 12.1 Å². The highest BCUT2D eigenvalue weighted by Crippen LogP contribution is 2.28. The van der Waals surface area contributed by atoms with Crippen LogP contribution in [-0.4, -0.2) is 67.0 Å². The summed E-state index contributed by atoms with van der Waals surface area (Å²) in [4.78, 5) is 28.4. The highest BCUT2D eigenvalue weighted by Gasteiger charge is 2.44. The lowest BCUT2D eigenvalue weighted by Crippen LogP contribution is -2.52. The number of hydrogen-bond acceptors (Lipinski definition) is 6. The average Bonchev–Trinajstić information content (AvgIpc) is 2.94. The first-order valence-electron chi connectivity index (χ1n) is 9.48. The summed E-state index contributed by atoms with van der Waals surface area (Å²) in [6.07, 6.45) is -0.874. The van der Waals surface area contributed by atoms with Gasteiger partial charge in [0.25, 0.3) is 0 Å². The second-order valence-electron chi connectivity index (χ2n) is 7.71. The molecule has 2 amide bonds. The molecular weight excluding hydrogens is 386 g/mol. The number of benzene rings is 1. The molecule has 3 rings (SSSR count). The predicted octanol–water partition coefficient (Wildman–Crippen LogP) is 0.402. The van der Waals surface area contributed by atoms with Gasteiger partial charge in [-0.25, -0.2) is 4.39 Å². The highest BCUT2D eigenvalue weighted by molar-refractivity contribution is 5.89. The van der Waals surface area contributed by atoms with Gasteiger partial charge in [-0.1, -0.05) is 6.92 Å². The largest absolute Gasteiger partial charge is 0.493 e. The van der Waals surface area contributed by atoms with Crippen LogP contribution in [-0.2, 0) is 9.59 Å². The van der Waals surface area contributed by atoms with Gasteiger partial charge >= 0.3 is 0 Å². The summed E-state index contributed by atoms with van der Waals surface area (Å²) in [5, 5.41) is 14.7. The molecule has 2 fully saturated rings. The fourth-order valence-electron chi connectivity index (χ4n) is 3.92. The van der Waals surface area contributed by atoms with Gasteiger partial charge in [-0.15, -0.1) is 0 Å². The Morgan fingerprint density at radius 1 is 1.34 bits per heavy atom. The Morgan fingerprint density at radius 2 is 2.00 bits per heavy atom. The molecule has 1 unspecified atom stereocenters. The van der Waals surface area contributed by atoms with E-state index in [0.29, 0.717) is 31.9 Å². The van der Waals surface area contributed by atoms with Crippen LogP contribution in [0, 0.1) is 17.6 Å². The number of anilines is 1. The molecule has 3 N–H and O–H groups in total. The third-order valence-electron chi connectivity index (χ3n) is 5.52. The maximum atomic E-state index is 13.8. The first-order valence-corrected chi connectivity index (χ1v) is 9.48. The van der Waals surface area contributed by atoms with E-state index in [0.717, 1.165) is 6.07 Å². The van der Waals surface area contributed by atoms with Crippen molar-refractivity contribution in [1.82, 2.24) is 15.5 Å². The molecule has 2 aliphatic rings. The van der Waals surface area contributed by atoms with Gasteiger partial charge < -0.3 is 25.0 Å². The van der Waals surface area contributed by atoms with Crippen molar-refractivity contribution in [3.63, 3.8) is 0 Å². The summed E-state index contributed by atoms with van der Waals surface area (Å²) in [7, 11) is 1.28. The number of nitrogens with zero attached hydrogens (tertiary/aromatic N) is 2. The molecule has 2 heterocycles. The zero-order valence-electron chi connectivity index (χ0n) is 16.7. The number of amides is 2. The number of carbonyl (C=O) groups excluding carboxylic acids is 2. The zero-order chi connectivity index (χ0) is 21.3. The molecule has 160 valence electrons. The van der Waals surface area contributed by atoms with Crippen LogP contribution in [0.4, 0.5) is 14.5 Å². The fraction of sp³-hybridized carbons (Fsp3) is 0.579. The van der Waals surface area contributed by atoms with Gasteiger partial charge in [-0.3, -0.25) is 14.9 Å². The average molecular weight is 412 g/mol. The quantitative estimate of drug-likeness (QED) is 0.648. The molecule has 1 aromatic rings. The number of hydrogen-bond donors (Lipinski definition) is 3. The molecule has 29 heavy (non-hydrogen) atoms. The van der Waals surface area contributed by atoms with Gasteiger partial charge in [0.1, 0.15) is 0 Å². The lowest BCUT2D eigenvalue weighted by atomic mass is 9.89. The first-order chi connectivity index (χ1) is 13.6. The molecular formula is C19H26F2N4O4. The van der Waals surface area contributed by atoms with Gasteiger partial charge in [-0.2, -0.15) is 4.39 Å². The molecule has 0 bridgehead atoms. The van der Waals surface area contributed by atoms with Crippen molar-refractivity contribution in [1.29, 1.82) is 0 Å². The van der Waals surface area contributed by atoms with E-state index in [2.05, 4.69) is 10.6 Å². The van der Waals surface area contributed by atoms with E-state index >= 15 is 0 Å². The fourth-order valence-corrected chi connectivity index (χ4v) is 3.92. The van der Waals surface area contributed by atoms with Crippen molar-refractivity contribution in [2.24, 2.45) is 5.92 Å². The monoisotopic (exact) mass is 412 g/mol. The van der Waals surface area contributed by atoms with E-state index in [1.54, 1.807) is 18.7 Å². The number of halogens is 2. The van der Waals surface area contributed by atoms with Crippen molar-refractivity contribution in [3.05, 3.63) is 23.8 Å². The third-order valence-corrected chi connectivity index (χ3v) is 5.52. The van der Waals surface area contributed by atoms with Crippen LogP contribution in [0.2, 0.25) is 0 Å². The maximum Gasteiger partial charge on any atom is 0.243 e. The number of aliphatic hydroxyl groups is 1. The van der Waals surface area contributed by atoms with E-state index in [4.69, 9.17) is 4.74 Å². The standard InChI is InChI=1S/C19H26F2N4O4/c1-11(10-19(2)17(27)22-18(28)23-19)16(26)25-6-4-24(5-7-25)12-8-13(20)15(21)14(9-12)29-3/h8-9,11,18,23,28H,4-7,10H2,1-3H3,(H,22,27)/t11-,18?,19+/m0/s1. The van der Waals surface area contributed by atoms with Gasteiger partial charge in [0.2, 0.25) is 17.6 Å². The van der Waals surface area contributed by atoms with Crippen molar-refractivity contribution in [2.45, 2.75) is 32.2 Å². The maximum absolute atomic E-state index is 13.8. The Balaban J connectivity index is 1.60. The van der Waals surface area contributed by atoms with Crippen LogP contribution in [0.25, 0.3) is 0 Å².